The van der Waals surface area contributed by atoms with Gasteiger partial charge in [0.05, 0.1) is 6.04 Å². The fourth-order valence-corrected chi connectivity index (χ4v) is 3.25. The number of benzene rings is 2. The highest BCUT2D eigenvalue weighted by Gasteiger charge is 2.22. The number of carbonyl (C=O) groups is 2. The molecule has 8 nitrogen and oxygen atoms in total. The first kappa shape index (κ1) is 19.9. The number of ether oxygens (including phenoxy) is 1. The van der Waals surface area contributed by atoms with Crippen LogP contribution in [0.15, 0.2) is 60.9 Å². The summed E-state index contributed by atoms with van der Waals surface area (Å²) in [5, 5.41) is 8.89. The summed E-state index contributed by atoms with van der Waals surface area (Å²) in [6.07, 6.45) is 2.83. The zero-order valence-corrected chi connectivity index (χ0v) is 16.7. The molecule has 3 N–H and O–H groups in total. The molecule has 0 unspecified atom stereocenters. The maximum atomic E-state index is 12.7. The minimum absolute atomic E-state index is 0.138. The molecule has 2 heterocycles. The van der Waals surface area contributed by atoms with Crippen molar-refractivity contribution in [3.05, 3.63) is 77.1 Å². The molecule has 4 rings (SSSR count). The fraction of sp³-hybridized carbons (Fsp3) is 0.190. The second-order valence-corrected chi connectivity index (χ2v) is 7.28. The fourth-order valence-electron chi connectivity index (χ4n) is 3.02. The Balaban J connectivity index is 1.40. The van der Waals surface area contributed by atoms with Gasteiger partial charge in [-0.05, 0) is 23.8 Å². The predicted molar refractivity (Wildman–Crippen MR) is 114 cm³/mol. The van der Waals surface area contributed by atoms with E-state index in [1.807, 2.05) is 41.1 Å². The van der Waals surface area contributed by atoms with Gasteiger partial charge in [0.1, 0.15) is 6.61 Å². The Bertz CT molecular complexity index is 1050. The van der Waals surface area contributed by atoms with Crippen molar-refractivity contribution in [2.45, 2.75) is 12.6 Å². The summed E-state index contributed by atoms with van der Waals surface area (Å²) in [6, 6.07) is 14.2. The zero-order valence-electron chi connectivity index (χ0n) is 16.0. The quantitative estimate of drug-likeness (QED) is 0.559. The maximum absolute atomic E-state index is 12.7. The van der Waals surface area contributed by atoms with E-state index in [9.17, 15) is 9.59 Å². The Morgan fingerprint density at radius 2 is 1.97 bits per heavy atom. The highest BCUT2D eigenvalue weighted by atomic mass is 35.5. The molecule has 154 valence electrons. The number of halogens is 1. The molecule has 1 saturated heterocycles. The summed E-state index contributed by atoms with van der Waals surface area (Å²) in [7, 11) is 0. The number of anilines is 2. The number of rotatable bonds is 6. The average molecular weight is 426 g/mol. The normalized spacial score (nSPS) is 13.4. The molecule has 2 amide bonds. The monoisotopic (exact) mass is 425 g/mol. The van der Waals surface area contributed by atoms with E-state index in [1.54, 1.807) is 12.3 Å². The summed E-state index contributed by atoms with van der Waals surface area (Å²) in [6.45, 7) is 1.80. The summed E-state index contributed by atoms with van der Waals surface area (Å²) >= 11 is 6.14. The van der Waals surface area contributed by atoms with Gasteiger partial charge in [0.15, 0.2) is 0 Å². The second kappa shape index (κ2) is 8.98. The van der Waals surface area contributed by atoms with Crippen LogP contribution in [0.1, 0.15) is 22.0 Å². The van der Waals surface area contributed by atoms with Crippen molar-refractivity contribution in [1.82, 2.24) is 14.9 Å². The molecular formula is C21H20ClN5O3. The number of hydrogen-bond acceptors (Lipinski definition) is 5. The van der Waals surface area contributed by atoms with Crippen LogP contribution in [0.5, 0.6) is 0 Å². The Morgan fingerprint density at radius 1 is 1.17 bits per heavy atom. The molecule has 0 radical (unpaired) electrons. The number of nitrogens with zero attached hydrogens (tertiary/aromatic N) is 2. The van der Waals surface area contributed by atoms with Crippen LogP contribution in [0.25, 0.3) is 0 Å². The third-order valence-electron chi connectivity index (χ3n) is 4.67. The van der Waals surface area contributed by atoms with E-state index in [0.717, 1.165) is 18.7 Å². The van der Waals surface area contributed by atoms with Crippen LogP contribution in [0, 0.1) is 0 Å². The lowest BCUT2D eigenvalue weighted by Gasteiger charge is -2.29. The third kappa shape index (κ3) is 4.79. The number of aromatic nitrogens is 2. The Labute approximate surface area is 178 Å². The largest absolute Gasteiger partial charge is 0.444 e. The molecule has 0 saturated carbocycles. The lowest BCUT2D eigenvalue weighted by Crippen LogP contribution is -2.43. The van der Waals surface area contributed by atoms with Crippen LogP contribution in [-0.4, -0.2) is 34.6 Å². The van der Waals surface area contributed by atoms with Crippen LogP contribution in [0.4, 0.5) is 16.4 Å². The first-order chi connectivity index (χ1) is 14.6. The smallest absolute Gasteiger partial charge is 0.411 e. The number of imidazole rings is 1. The molecule has 0 spiro atoms. The van der Waals surface area contributed by atoms with Crippen molar-refractivity contribution in [2.75, 3.05) is 23.7 Å². The van der Waals surface area contributed by atoms with Gasteiger partial charge in [-0.25, -0.2) is 9.78 Å². The molecule has 2 aromatic carbocycles. The van der Waals surface area contributed by atoms with E-state index in [4.69, 9.17) is 16.3 Å². The number of hydrogen-bond donors (Lipinski definition) is 3. The standard InChI is InChI=1S/C21H20ClN5O3/c22-16-8-15(19(28)26-20-24-6-7-27(20)18-11-23-12-18)9-17(10-16)25-21(29)30-13-14-4-2-1-3-5-14/h1-10,18,23H,11-13H2,(H,25,29)(H,24,26,28). The van der Waals surface area contributed by atoms with Crippen molar-refractivity contribution in [3.8, 4) is 0 Å². The average Bonchev–Trinajstić information content (AvgIpc) is 3.13. The molecule has 1 fully saturated rings. The van der Waals surface area contributed by atoms with Gasteiger partial charge in [-0.2, -0.15) is 0 Å². The molecular weight excluding hydrogens is 406 g/mol. The van der Waals surface area contributed by atoms with Crippen molar-refractivity contribution in [1.29, 1.82) is 0 Å². The van der Waals surface area contributed by atoms with Gasteiger partial charge in [0.25, 0.3) is 5.91 Å². The van der Waals surface area contributed by atoms with Crippen LogP contribution >= 0.6 is 11.6 Å². The minimum Gasteiger partial charge on any atom is -0.444 e. The molecule has 0 bridgehead atoms. The zero-order chi connectivity index (χ0) is 20.9. The first-order valence-electron chi connectivity index (χ1n) is 9.42. The van der Waals surface area contributed by atoms with E-state index in [1.165, 1.54) is 12.1 Å². The van der Waals surface area contributed by atoms with E-state index in [2.05, 4.69) is 20.9 Å². The van der Waals surface area contributed by atoms with Crippen molar-refractivity contribution < 1.29 is 14.3 Å². The molecule has 30 heavy (non-hydrogen) atoms. The predicted octanol–water partition coefficient (Wildman–Crippen LogP) is 3.68. The number of nitrogens with one attached hydrogen (secondary N) is 3. The van der Waals surface area contributed by atoms with Crippen LogP contribution in [0.2, 0.25) is 5.02 Å². The highest BCUT2D eigenvalue weighted by molar-refractivity contribution is 6.31. The molecule has 1 aliphatic rings. The van der Waals surface area contributed by atoms with E-state index in [0.29, 0.717) is 22.2 Å². The third-order valence-corrected chi connectivity index (χ3v) is 4.88. The Morgan fingerprint density at radius 3 is 2.70 bits per heavy atom. The molecule has 9 heteroatoms. The first-order valence-corrected chi connectivity index (χ1v) is 9.79. The summed E-state index contributed by atoms with van der Waals surface area (Å²) < 4.78 is 7.12. The van der Waals surface area contributed by atoms with Gasteiger partial charge in [0.2, 0.25) is 5.95 Å². The molecule has 1 aromatic heterocycles. The number of carbonyl (C=O) groups excluding carboxylic acids is 2. The van der Waals surface area contributed by atoms with Gasteiger partial charge >= 0.3 is 6.09 Å². The molecule has 1 aliphatic heterocycles. The maximum Gasteiger partial charge on any atom is 0.411 e. The second-order valence-electron chi connectivity index (χ2n) is 6.84. The van der Waals surface area contributed by atoms with Gasteiger partial charge in [-0.15, -0.1) is 0 Å². The van der Waals surface area contributed by atoms with E-state index in [-0.39, 0.29) is 18.6 Å². The van der Waals surface area contributed by atoms with E-state index >= 15 is 0 Å². The lowest BCUT2D eigenvalue weighted by molar-refractivity contribution is 0.102. The van der Waals surface area contributed by atoms with Gasteiger partial charge in [0, 0.05) is 41.8 Å². The van der Waals surface area contributed by atoms with Gasteiger partial charge in [-0.3, -0.25) is 15.4 Å². The summed E-state index contributed by atoms with van der Waals surface area (Å²) in [5.41, 5.74) is 1.52. The summed E-state index contributed by atoms with van der Waals surface area (Å²) in [5.74, 6) is 0.0844. The van der Waals surface area contributed by atoms with Crippen LogP contribution in [-0.2, 0) is 11.3 Å². The Kier molecular flexibility index (Phi) is 5.97. The van der Waals surface area contributed by atoms with Gasteiger partial charge < -0.3 is 14.6 Å². The highest BCUT2D eigenvalue weighted by Crippen LogP contribution is 2.22. The topological polar surface area (TPSA) is 97.3 Å². The molecule has 0 aliphatic carbocycles. The minimum atomic E-state index is -0.638. The van der Waals surface area contributed by atoms with Crippen LogP contribution < -0.4 is 16.0 Å². The summed E-state index contributed by atoms with van der Waals surface area (Å²) in [4.78, 5) is 29.0. The van der Waals surface area contributed by atoms with Crippen molar-refractivity contribution in [2.24, 2.45) is 0 Å². The molecule has 0 atom stereocenters. The van der Waals surface area contributed by atoms with Crippen molar-refractivity contribution in [3.63, 3.8) is 0 Å². The number of amides is 2. The van der Waals surface area contributed by atoms with Crippen molar-refractivity contribution >= 4 is 35.2 Å². The lowest BCUT2D eigenvalue weighted by atomic mass is 10.2. The van der Waals surface area contributed by atoms with Gasteiger partial charge in [-0.1, -0.05) is 41.9 Å². The Hall–Kier alpha value is -3.36. The molecule has 3 aromatic rings. The SMILES string of the molecule is O=C(Nc1cc(Cl)cc(C(=O)Nc2nccn2C2CNC2)c1)OCc1ccccc1. The van der Waals surface area contributed by atoms with Crippen LogP contribution in [0.3, 0.4) is 0 Å². The van der Waals surface area contributed by atoms with E-state index < -0.39 is 6.09 Å².